The third-order valence-electron chi connectivity index (χ3n) is 3.07. The molecule has 0 fully saturated rings. The van der Waals surface area contributed by atoms with Crippen molar-refractivity contribution >= 4 is 23.2 Å². The van der Waals surface area contributed by atoms with Crippen LogP contribution in [0.1, 0.15) is 33.4 Å². The van der Waals surface area contributed by atoms with Crippen LogP contribution in [0, 0.1) is 0 Å². The van der Waals surface area contributed by atoms with E-state index in [2.05, 4.69) is 20.6 Å². The van der Waals surface area contributed by atoms with E-state index in [-0.39, 0.29) is 23.8 Å². The van der Waals surface area contributed by atoms with Gasteiger partial charge in [0, 0.05) is 28.9 Å². The highest BCUT2D eigenvalue weighted by Gasteiger charge is 2.21. The smallest absolute Gasteiger partial charge is 0.242 e. The lowest BCUT2D eigenvalue weighted by molar-refractivity contribution is -0.129. The summed E-state index contributed by atoms with van der Waals surface area (Å²) in [5, 5.41) is 8.21. The summed E-state index contributed by atoms with van der Waals surface area (Å²) in [6.45, 7) is 7.36. The summed E-state index contributed by atoms with van der Waals surface area (Å²) in [5.74, 6) is -0.431. The van der Waals surface area contributed by atoms with Crippen molar-refractivity contribution in [3.8, 4) is 10.6 Å². The predicted octanol–water partition coefficient (Wildman–Crippen LogP) is 2.17. The quantitative estimate of drug-likeness (QED) is 0.869. The summed E-state index contributed by atoms with van der Waals surface area (Å²) >= 11 is 1.47. The second-order valence-corrected chi connectivity index (χ2v) is 7.45. The SMILES string of the molecule is CC(NC(=O)Cc1csc(-c2cccnc2)n1)C(=O)NC(C)(C)C. The predicted molar refractivity (Wildman–Crippen MR) is 94.5 cm³/mol. The summed E-state index contributed by atoms with van der Waals surface area (Å²) in [6, 6.07) is 3.18. The molecule has 7 heteroatoms. The molecular weight excluding hydrogens is 324 g/mol. The van der Waals surface area contributed by atoms with Crippen molar-refractivity contribution in [2.24, 2.45) is 0 Å². The van der Waals surface area contributed by atoms with E-state index in [0.29, 0.717) is 5.69 Å². The van der Waals surface area contributed by atoms with Crippen LogP contribution in [0.3, 0.4) is 0 Å². The van der Waals surface area contributed by atoms with Gasteiger partial charge in [-0.05, 0) is 39.8 Å². The lowest BCUT2D eigenvalue weighted by atomic mass is 10.1. The van der Waals surface area contributed by atoms with E-state index in [0.717, 1.165) is 10.6 Å². The molecule has 0 aliphatic heterocycles. The van der Waals surface area contributed by atoms with Gasteiger partial charge in [-0.15, -0.1) is 11.3 Å². The summed E-state index contributed by atoms with van der Waals surface area (Å²) < 4.78 is 0. The van der Waals surface area contributed by atoms with Gasteiger partial charge < -0.3 is 10.6 Å². The second kappa shape index (κ2) is 7.53. The zero-order valence-corrected chi connectivity index (χ0v) is 15.1. The van der Waals surface area contributed by atoms with E-state index < -0.39 is 6.04 Å². The van der Waals surface area contributed by atoms with Crippen molar-refractivity contribution in [1.29, 1.82) is 0 Å². The van der Waals surface area contributed by atoms with Crippen molar-refractivity contribution < 1.29 is 9.59 Å². The van der Waals surface area contributed by atoms with Gasteiger partial charge in [0.1, 0.15) is 11.0 Å². The van der Waals surface area contributed by atoms with Crippen LogP contribution < -0.4 is 10.6 Å². The van der Waals surface area contributed by atoms with Crippen molar-refractivity contribution in [1.82, 2.24) is 20.6 Å². The maximum absolute atomic E-state index is 12.1. The highest BCUT2D eigenvalue weighted by molar-refractivity contribution is 7.13. The van der Waals surface area contributed by atoms with Crippen molar-refractivity contribution in [2.45, 2.75) is 45.7 Å². The fourth-order valence-electron chi connectivity index (χ4n) is 2.01. The number of thiazole rings is 1. The number of amides is 2. The van der Waals surface area contributed by atoms with Gasteiger partial charge in [0.15, 0.2) is 0 Å². The molecular formula is C17H22N4O2S. The minimum atomic E-state index is -0.590. The van der Waals surface area contributed by atoms with E-state index in [9.17, 15) is 9.59 Å². The van der Waals surface area contributed by atoms with Crippen LogP contribution in [0.4, 0.5) is 0 Å². The molecule has 1 unspecified atom stereocenters. The number of aromatic nitrogens is 2. The van der Waals surface area contributed by atoms with Gasteiger partial charge in [-0.1, -0.05) is 0 Å². The van der Waals surface area contributed by atoms with Gasteiger partial charge in [-0.25, -0.2) is 4.98 Å². The van der Waals surface area contributed by atoms with Gasteiger partial charge in [0.05, 0.1) is 12.1 Å². The maximum atomic E-state index is 12.1. The van der Waals surface area contributed by atoms with Crippen LogP contribution in [0.25, 0.3) is 10.6 Å². The Morgan fingerprint density at radius 3 is 2.71 bits per heavy atom. The van der Waals surface area contributed by atoms with E-state index in [1.807, 2.05) is 38.3 Å². The molecule has 2 rings (SSSR count). The Morgan fingerprint density at radius 1 is 1.33 bits per heavy atom. The molecule has 0 spiro atoms. The molecule has 24 heavy (non-hydrogen) atoms. The number of pyridine rings is 1. The summed E-state index contributed by atoms with van der Waals surface area (Å²) in [6.07, 6.45) is 3.58. The Kier molecular flexibility index (Phi) is 5.66. The lowest BCUT2D eigenvalue weighted by Gasteiger charge is -2.23. The average Bonchev–Trinajstić information content (AvgIpc) is 2.94. The van der Waals surface area contributed by atoms with Crippen LogP contribution in [0.15, 0.2) is 29.9 Å². The first-order chi connectivity index (χ1) is 11.2. The molecule has 0 aliphatic carbocycles. The number of carbonyl (C=O) groups is 2. The monoisotopic (exact) mass is 346 g/mol. The molecule has 2 aromatic rings. The minimum Gasteiger partial charge on any atom is -0.350 e. The number of rotatable bonds is 5. The maximum Gasteiger partial charge on any atom is 0.242 e. The minimum absolute atomic E-state index is 0.143. The molecule has 0 aromatic carbocycles. The van der Waals surface area contributed by atoms with E-state index >= 15 is 0 Å². The first kappa shape index (κ1) is 18.1. The number of carbonyl (C=O) groups excluding carboxylic acids is 2. The first-order valence-corrected chi connectivity index (χ1v) is 8.59. The fraction of sp³-hybridized carbons (Fsp3) is 0.412. The molecule has 0 aliphatic rings. The number of nitrogens with one attached hydrogen (secondary N) is 2. The molecule has 2 N–H and O–H groups in total. The molecule has 128 valence electrons. The summed E-state index contributed by atoms with van der Waals surface area (Å²) in [5.41, 5.74) is 1.27. The molecule has 0 bridgehead atoms. The van der Waals surface area contributed by atoms with Crippen molar-refractivity contribution in [2.75, 3.05) is 0 Å². The molecule has 1 atom stereocenters. The van der Waals surface area contributed by atoms with Gasteiger partial charge >= 0.3 is 0 Å². The molecule has 0 radical (unpaired) electrons. The zero-order chi connectivity index (χ0) is 17.7. The molecule has 6 nitrogen and oxygen atoms in total. The van der Waals surface area contributed by atoms with E-state index in [1.165, 1.54) is 11.3 Å². The second-order valence-electron chi connectivity index (χ2n) is 6.59. The fourth-order valence-corrected chi connectivity index (χ4v) is 2.82. The Bertz CT molecular complexity index is 707. The third-order valence-corrected chi connectivity index (χ3v) is 4.01. The molecule has 2 heterocycles. The molecule has 0 saturated heterocycles. The molecule has 0 saturated carbocycles. The number of nitrogens with zero attached hydrogens (tertiary/aromatic N) is 2. The highest BCUT2D eigenvalue weighted by atomic mass is 32.1. The van der Waals surface area contributed by atoms with Crippen LogP contribution >= 0.6 is 11.3 Å². The molecule has 2 amide bonds. The van der Waals surface area contributed by atoms with Gasteiger partial charge in [-0.3, -0.25) is 14.6 Å². The third kappa shape index (κ3) is 5.42. The Hall–Kier alpha value is -2.28. The van der Waals surface area contributed by atoms with E-state index in [4.69, 9.17) is 0 Å². The van der Waals surface area contributed by atoms with Gasteiger partial charge in [0.2, 0.25) is 11.8 Å². The highest BCUT2D eigenvalue weighted by Crippen LogP contribution is 2.22. The first-order valence-electron chi connectivity index (χ1n) is 7.71. The van der Waals surface area contributed by atoms with Crippen molar-refractivity contribution in [3.05, 3.63) is 35.6 Å². The standard InChI is InChI=1S/C17H22N4O2S/c1-11(15(23)21-17(2,3)4)19-14(22)8-13-10-24-16(20-13)12-6-5-7-18-9-12/h5-7,9-11H,8H2,1-4H3,(H,19,22)(H,21,23). The van der Waals surface area contributed by atoms with Crippen LogP contribution in [-0.4, -0.2) is 33.4 Å². The van der Waals surface area contributed by atoms with Crippen LogP contribution in [0.2, 0.25) is 0 Å². The molecule has 2 aromatic heterocycles. The van der Waals surface area contributed by atoms with Gasteiger partial charge in [0.25, 0.3) is 0 Å². The van der Waals surface area contributed by atoms with Crippen LogP contribution in [0.5, 0.6) is 0 Å². The normalized spacial score (nSPS) is 12.5. The van der Waals surface area contributed by atoms with E-state index in [1.54, 1.807) is 19.3 Å². The van der Waals surface area contributed by atoms with Crippen molar-refractivity contribution in [3.63, 3.8) is 0 Å². The number of hydrogen-bond donors (Lipinski definition) is 2. The lowest BCUT2D eigenvalue weighted by Crippen LogP contribution is -2.51. The Labute approximate surface area is 145 Å². The number of hydrogen-bond acceptors (Lipinski definition) is 5. The largest absolute Gasteiger partial charge is 0.350 e. The Morgan fingerprint density at radius 2 is 2.08 bits per heavy atom. The summed E-state index contributed by atoms with van der Waals surface area (Å²) in [7, 11) is 0. The average molecular weight is 346 g/mol. The summed E-state index contributed by atoms with van der Waals surface area (Å²) in [4.78, 5) is 32.6. The topological polar surface area (TPSA) is 84.0 Å². The Balaban J connectivity index is 1.91. The zero-order valence-electron chi connectivity index (χ0n) is 14.3. The van der Waals surface area contributed by atoms with Gasteiger partial charge in [-0.2, -0.15) is 0 Å². The van der Waals surface area contributed by atoms with Crippen LogP contribution in [-0.2, 0) is 16.0 Å².